The Bertz CT molecular complexity index is 1090. The van der Waals surface area contributed by atoms with Crippen molar-refractivity contribution in [3.63, 3.8) is 0 Å². The topological polar surface area (TPSA) is 95.9 Å². The summed E-state index contributed by atoms with van der Waals surface area (Å²) < 4.78 is 5.88. The van der Waals surface area contributed by atoms with Gasteiger partial charge in [-0.1, -0.05) is 190 Å². The Labute approximate surface area is 358 Å². The minimum Gasteiger partial charge on any atom is -0.462 e. The van der Waals surface area contributed by atoms with Gasteiger partial charge >= 0.3 is 5.97 Å². The fourth-order valence-corrected chi connectivity index (χ4v) is 6.87. The first-order valence-corrected chi connectivity index (χ1v) is 24.2. The van der Waals surface area contributed by atoms with Gasteiger partial charge in [-0.15, -0.1) is 0 Å². The van der Waals surface area contributed by atoms with E-state index >= 15 is 0 Å². The first-order valence-electron chi connectivity index (χ1n) is 24.2. The number of hydrogen-bond acceptors (Lipinski definition) is 5. The van der Waals surface area contributed by atoms with Crippen LogP contribution in [0, 0.1) is 0 Å². The fourth-order valence-electron chi connectivity index (χ4n) is 6.87. The highest BCUT2D eigenvalue weighted by Crippen LogP contribution is 2.16. The van der Waals surface area contributed by atoms with Crippen molar-refractivity contribution in [2.75, 3.05) is 6.61 Å². The Kier molecular flexibility index (Phi) is 43.3. The third kappa shape index (κ3) is 40.1. The lowest BCUT2D eigenvalue weighted by Gasteiger charge is -2.24. The summed E-state index contributed by atoms with van der Waals surface area (Å²) in [5, 5.41) is 23.6. The lowest BCUT2D eigenvalue weighted by atomic mass is 10.0. The molecule has 0 aromatic heterocycles. The van der Waals surface area contributed by atoms with Crippen molar-refractivity contribution in [2.24, 2.45) is 0 Å². The molecule has 0 heterocycles. The van der Waals surface area contributed by atoms with E-state index in [2.05, 4.69) is 99.0 Å². The Hall–Kier alpha value is -2.70. The van der Waals surface area contributed by atoms with Gasteiger partial charge in [0.25, 0.3) is 0 Å². The SMILES string of the molecule is CC/C=C\C/C=C\C/C=C\C/C=C\C/C=C\CCCCCC(=O)OC(CCC/C=C\CCCCCCCC)CC(=O)NC(CO)C(O)CCCCCCCCCCC. The van der Waals surface area contributed by atoms with Crippen LogP contribution in [0.3, 0.4) is 0 Å². The normalized spacial score (nSPS) is 13.9. The summed E-state index contributed by atoms with van der Waals surface area (Å²) in [6, 6.07) is -0.717. The van der Waals surface area contributed by atoms with Gasteiger partial charge in [0.2, 0.25) is 5.91 Å². The lowest BCUT2D eigenvalue weighted by molar-refractivity contribution is -0.151. The van der Waals surface area contributed by atoms with E-state index < -0.39 is 18.2 Å². The van der Waals surface area contributed by atoms with E-state index in [1.165, 1.54) is 77.0 Å². The molecule has 0 aliphatic rings. The maximum absolute atomic E-state index is 13.1. The van der Waals surface area contributed by atoms with Crippen molar-refractivity contribution in [1.29, 1.82) is 0 Å². The van der Waals surface area contributed by atoms with Gasteiger partial charge in [0.15, 0.2) is 0 Å². The summed E-state index contributed by atoms with van der Waals surface area (Å²) in [6.45, 7) is 6.31. The standard InChI is InChI=1S/C52H91NO5/c1-4-7-10-13-16-19-21-22-23-24-25-26-27-28-30-33-36-39-42-45-52(57)58-48(43-40-37-34-32-29-20-17-14-11-8-5-2)46-51(56)53-49(47-54)50(55)44-41-38-35-31-18-15-12-9-6-3/h7,10,16,19,22-23,25-26,28,30,32,34,48-50,54-55H,4-6,8-9,11-15,17-18,20-21,24,27,29,31,33,35-47H2,1-3H3,(H,53,56)/b10-7-,19-16-,23-22-,26-25-,30-28-,34-32-. The largest absolute Gasteiger partial charge is 0.462 e. The van der Waals surface area contributed by atoms with Crippen LogP contribution in [0.4, 0.5) is 0 Å². The van der Waals surface area contributed by atoms with Crippen molar-refractivity contribution in [1.82, 2.24) is 5.32 Å². The number of amides is 1. The molecule has 0 radical (unpaired) electrons. The van der Waals surface area contributed by atoms with Gasteiger partial charge in [0.1, 0.15) is 6.10 Å². The summed E-state index contributed by atoms with van der Waals surface area (Å²) in [4.78, 5) is 26.0. The van der Waals surface area contributed by atoms with Gasteiger partial charge in [0.05, 0.1) is 25.2 Å². The number of hydrogen-bond donors (Lipinski definition) is 3. The number of allylic oxidation sites excluding steroid dienone is 12. The van der Waals surface area contributed by atoms with Crippen LogP contribution in [0.1, 0.15) is 220 Å². The van der Waals surface area contributed by atoms with E-state index in [0.717, 1.165) is 96.3 Å². The molecule has 0 aliphatic heterocycles. The smallest absolute Gasteiger partial charge is 0.306 e. The molecule has 3 unspecified atom stereocenters. The third-order valence-electron chi connectivity index (χ3n) is 10.5. The summed E-state index contributed by atoms with van der Waals surface area (Å²) in [7, 11) is 0. The van der Waals surface area contributed by atoms with Crippen molar-refractivity contribution >= 4 is 11.9 Å². The van der Waals surface area contributed by atoms with Gasteiger partial charge in [-0.05, 0) is 89.9 Å². The first-order chi connectivity index (χ1) is 28.5. The molecule has 0 bridgehead atoms. The van der Waals surface area contributed by atoms with E-state index in [9.17, 15) is 19.8 Å². The fraction of sp³-hybridized carbons (Fsp3) is 0.731. The second-order valence-electron chi connectivity index (χ2n) is 16.1. The second kappa shape index (κ2) is 45.4. The summed E-state index contributed by atoms with van der Waals surface area (Å²) in [5.74, 6) is -0.547. The van der Waals surface area contributed by atoms with Crippen LogP contribution in [0.15, 0.2) is 72.9 Å². The van der Waals surface area contributed by atoms with Gasteiger partial charge in [-0.25, -0.2) is 0 Å². The monoisotopic (exact) mass is 810 g/mol. The highest BCUT2D eigenvalue weighted by molar-refractivity contribution is 5.77. The van der Waals surface area contributed by atoms with Gasteiger partial charge in [0, 0.05) is 6.42 Å². The zero-order chi connectivity index (χ0) is 42.4. The van der Waals surface area contributed by atoms with Crippen LogP contribution in [-0.4, -0.2) is 46.9 Å². The average Bonchev–Trinajstić information content (AvgIpc) is 3.22. The zero-order valence-electron chi connectivity index (χ0n) is 37.9. The number of aliphatic hydroxyl groups is 2. The van der Waals surface area contributed by atoms with Crippen LogP contribution < -0.4 is 5.32 Å². The van der Waals surface area contributed by atoms with E-state index in [4.69, 9.17) is 4.74 Å². The van der Waals surface area contributed by atoms with Crippen molar-refractivity contribution in [3.8, 4) is 0 Å². The molecule has 6 heteroatoms. The molecular formula is C52H91NO5. The molecule has 6 nitrogen and oxygen atoms in total. The minimum absolute atomic E-state index is 0.0402. The number of carbonyl (C=O) groups excluding carboxylic acids is 2. The molecule has 58 heavy (non-hydrogen) atoms. The second-order valence-corrected chi connectivity index (χ2v) is 16.1. The number of aliphatic hydroxyl groups excluding tert-OH is 2. The molecule has 0 fully saturated rings. The zero-order valence-corrected chi connectivity index (χ0v) is 37.9. The van der Waals surface area contributed by atoms with Crippen LogP contribution in [0.5, 0.6) is 0 Å². The number of ether oxygens (including phenoxy) is 1. The van der Waals surface area contributed by atoms with E-state index in [0.29, 0.717) is 19.3 Å². The summed E-state index contributed by atoms with van der Waals surface area (Å²) in [6.07, 6.45) is 56.8. The maximum atomic E-state index is 13.1. The molecule has 334 valence electrons. The Morgan fingerprint density at radius 2 is 0.948 bits per heavy atom. The maximum Gasteiger partial charge on any atom is 0.306 e. The molecule has 3 N–H and O–H groups in total. The van der Waals surface area contributed by atoms with E-state index in [1.807, 2.05) is 0 Å². The molecule has 3 atom stereocenters. The molecular weight excluding hydrogens is 719 g/mol. The number of esters is 1. The highest BCUT2D eigenvalue weighted by atomic mass is 16.5. The molecule has 0 rings (SSSR count). The van der Waals surface area contributed by atoms with Crippen LogP contribution in [-0.2, 0) is 14.3 Å². The Morgan fingerprint density at radius 3 is 1.47 bits per heavy atom. The molecule has 0 saturated carbocycles. The minimum atomic E-state index is -0.800. The average molecular weight is 810 g/mol. The van der Waals surface area contributed by atoms with Crippen molar-refractivity contribution in [3.05, 3.63) is 72.9 Å². The predicted octanol–water partition coefficient (Wildman–Crippen LogP) is 14.2. The first kappa shape index (κ1) is 55.3. The quantitative estimate of drug-likeness (QED) is 0.0324. The van der Waals surface area contributed by atoms with Gasteiger partial charge < -0.3 is 20.3 Å². The van der Waals surface area contributed by atoms with Crippen molar-refractivity contribution in [2.45, 2.75) is 238 Å². The number of unbranched alkanes of at least 4 members (excludes halogenated alkanes) is 18. The Balaban J connectivity index is 4.63. The lowest BCUT2D eigenvalue weighted by Crippen LogP contribution is -2.46. The van der Waals surface area contributed by atoms with Crippen LogP contribution in [0.2, 0.25) is 0 Å². The molecule has 0 spiro atoms. The van der Waals surface area contributed by atoms with Gasteiger partial charge in [-0.3, -0.25) is 9.59 Å². The number of carbonyl (C=O) groups is 2. The summed E-state index contributed by atoms with van der Waals surface area (Å²) >= 11 is 0. The van der Waals surface area contributed by atoms with Crippen molar-refractivity contribution < 1.29 is 24.5 Å². The Morgan fingerprint density at radius 1 is 0.517 bits per heavy atom. The summed E-state index contributed by atoms with van der Waals surface area (Å²) in [5.41, 5.74) is 0. The number of rotatable bonds is 42. The predicted molar refractivity (Wildman–Crippen MR) is 250 cm³/mol. The third-order valence-corrected chi connectivity index (χ3v) is 10.5. The van der Waals surface area contributed by atoms with Crippen LogP contribution in [0.25, 0.3) is 0 Å². The van der Waals surface area contributed by atoms with E-state index in [-0.39, 0.29) is 24.9 Å². The molecule has 0 aromatic carbocycles. The molecule has 1 amide bonds. The molecule has 0 aliphatic carbocycles. The molecule has 0 aromatic rings. The van der Waals surface area contributed by atoms with Crippen LogP contribution >= 0.6 is 0 Å². The number of nitrogens with one attached hydrogen (secondary N) is 1. The van der Waals surface area contributed by atoms with Gasteiger partial charge in [-0.2, -0.15) is 0 Å². The van der Waals surface area contributed by atoms with E-state index in [1.54, 1.807) is 0 Å². The highest BCUT2D eigenvalue weighted by Gasteiger charge is 2.24. The molecule has 0 saturated heterocycles.